The van der Waals surface area contributed by atoms with Crippen LogP contribution in [-0.2, 0) is 27.3 Å². The highest BCUT2D eigenvalue weighted by Gasteiger charge is 2.52. The summed E-state index contributed by atoms with van der Waals surface area (Å²) in [7, 11) is 3.06. The molecule has 3 aromatic heterocycles. The average molecular weight is 682 g/mol. The topological polar surface area (TPSA) is 156 Å². The molecule has 4 heterocycles. The van der Waals surface area contributed by atoms with Gasteiger partial charge in [-0.25, -0.2) is 4.98 Å². The summed E-state index contributed by atoms with van der Waals surface area (Å²) < 4.78 is 13.4. The van der Waals surface area contributed by atoms with Gasteiger partial charge in [-0.2, -0.15) is 0 Å². The Kier molecular flexibility index (Phi) is 9.76. The van der Waals surface area contributed by atoms with Gasteiger partial charge in [-0.15, -0.1) is 0 Å². The van der Waals surface area contributed by atoms with E-state index in [2.05, 4.69) is 25.9 Å². The van der Waals surface area contributed by atoms with Gasteiger partial charge in [0, 0.05) is 55.5 Å². The van der Waals surface area contributed by atoms with Crippen LogP contribution in [0.1, 0.15) is 60.3 Å². The number of rotatable bonds is 6. The van der Waals surface area contributed by atoms with Crippen molar-refractivity contribution < 1.29 is 28.7 Å². The number of methoxy groups -OCH3 is 2. The van der Waals surface area contributed by atoms with Crippen LogP contribution in [0.4, 0.5) is 0 Å². The second-order valence-corrected chi connectivity index (χ2v) is 13.5. The van der Waals surface area contributed by atoms with E-state index in [9.17, 15) is 19.2 Å². The third-order valence-electron chi connectivity index (χ3n) is 9.26. The molecule has 4 bridgehead atoms. The predicted molar refractivity (Wildman–Crippen MR) is 186 cm³/mol. The van der Waals surface area contributed by atoms with Gasteiger partial charge in [-0.1, -0.05) is 19.9 Å². The molecule has 13 heteroatoms. The molecule has 6 rings (SSSR count). The number of pyridine rings is 2. The molecule has 50 heavy (non-hydrogen) atoms. The van der Waals surface area contributed by atoms with Crippen molar-refractivity contribution in [2.24, 2.45) is 5.92 Å². The van der Waals surface area contributed by atoms with E-state index in [-0.39, 0.29) is 49.4 Å². The van der Waals surface area contributed by atoms with Crippen LogP contribution in [0.2, 0.25) is 0 Å². The maximum Gasteiger partial charge on any atom is 0.253 e. The maximum atomic E-state index is 14.1. The van der Waals surface area contributed by atoms with Crippen molar-refractivity contribution >= 4 is 29.3 Å². The Morgan fingerprint density at radius 3 is 2.56 bits per heavy atom. The number of ether oxygens (including phenoxy) is 2. The van der Waals surface area contributed by atoms with Crippen LogP contribution >= 0.6 is 0 Å². The maximum absolute atomic E-state index is 14.1. The zero-order valence-electron chi connectivity index (χ0n) is 29.0. The van der Waals surface area contributed by atoms with Crippen molar-refractivity contribution in [3.05, 3.63) is 77.5 Å². The fraction of sp³-hybridized carbons (Fsp3) is 0.405. The highest BCUT2D eigenvalue weighted by Crippen LogP contribution is 2.40. The van der Waals surface area contributed by atoms with E-state index in [1.165, 1.54) is 20.4 Å². The van der Waals surface area contributed by atoms with E-state index in [0.717, 1.165) is 22.5 Å². The Hall–Kier alpha value is -5.46. The Morgan fingerprint density at radius 2 is 1.84 bits per heavy atom. The van der Waals surface area contributed by atoms with Gasteiger partial charge in [0.1, 0.15) is 17.2 Å². The average Bonchev–Trinajstić information content (AvgIpc) is 3.77. The molecule has 4 aromatic rings. The lowest BCUT2D eigenvalue weighted by Gasteiger charge is -2.26. The first-order valence-corrected chi connectivity index (χ1v) is 16.8. The smallest absolute Gasteiger partial charge is 0.253 e. The Morgan fingerprint density at radius 1 is 1.06 bits per heavy atom. The van der Waals surface area contributed by atoms with E-state index in [1.807, 2.05) is 55.6 Å². The number of aryl methyl sites for hydroxylation is 1. The van der Waals surface area contributed by atoms with E-state index in [0.29, 0.717) is 41.9 Å². The minimum absolute atomic E-state index is 0.0773. The quantitative estimate of drug-likeness (QED) is 0.280. The standard InChI is InChI=1S/C37H43N7O6/c1-22(2)13-29-35(47)39-10-12-43(31(45)17-27-20-40-33-23(3)7-6-11-44(27)33)21-24-14-28(32(50-5)30(15-24)49-4)25-16-26(19-38-18-25)34(46)42-37(8-9-37)36(48)41-29/h6-7,11,14-16,18-20,22,29H,8-10,12-13,17,21H2,1-5H3,(H,39,47)(H,41,48)(H,42,46)/t29-/m1/s1. The van der Waals surface area contributed by atoms with Crippen LogP contribution < -0.4 is 25.4 Å². The summed E-state index contributed by atoms with van der Waals surface area (Å²) in [6.45, 7) is 6.44. The van der Waals surface area contributed by atoms with E-state index in [1.54, 1.807) is 23.4 Å². The van der Waals surface area contributed by atoms with Crippen molar-refractivity contribution in [1.29, 1.82) is 0 Å². The van der Waals surface area contributed by atoms with Gasteiger partial charge >= 0.3 is 0 Å². The number of nitrogens with zero attached hydrogens (tertiary/aromatic N) is 4. The predicted octanol–water partition coefficient (Wildman–Crippen LogP) is 3.22. The van der Waals surface area contributed by atoms with Crippen molar-refractivity contribution in [2.45, 2.75) is 64.6 Å². The summed E-state index contributed by atoms with van der Waals surface area (Å²) in [4.78, 5) is 65.3. The molecule has 1 saturated carbocycles. The molecule has 3 N–H and O–H groups in total. The van der Waals surface area contributed by atoms with Crippen LogP contribution in [-0.4, -0.2) is 81.8 Å². The lowest BCUT2D eigenvalue weighted by molar-refractivity contribution is -0.132. The summed E-state index contributed by atoms with van der Waals surface area (Å²) >= 11 is 0. The molecule has 4 amide bonds. The minimum atomic E-state index is -1.12. The third-order valence-corrected chi connectivity index (χ3v) is 9.26. The van der Waals surface area contributed by atoms with Gasteiger partial charge in [-0.05, 0) is 67.5 Å². The summed E-state index contributed by atoms with van der Waals surface area (Å²) in [5.74, 6) is -0.413. The van der Waals surface area contributed by atoms with Crippen LogP contribution in [0.15, 0.2) is 55.1 Å². The minimum Gasteiger partial charge on any atom is -0.493 e. The first kappa shape index (κ1) is 34.4. The highest BCUT2D eigenvalue weighted by molar-refractivity contribution is 6.02. The fourth-order valence-corrected chi connectivity index (χ4v) is 6.41. The second-order valence-electron chi connectivity index (χ2n) is 13.5. The Labute approximate surface area is 290 Å². The lowest BCUT2D eigenvalue weighted by atomic mass is 10.00. The van der Waals surface area contributed by atoms with E-state index in [4.69, 9.17) is 9.47 Å². The molecule has 1 aliphatic carbocycles. The van der Waals surface area contributed by atoms with Gasteiger partial charge < -0.3 is 34.7 Å². The van der Waals surface area contributed by atoms with Gasteiger partial charge in [0.2, 0.25) is 17.7 Å². The second kappa shape index (κ2) is 14.2. The van der Waals surface area contributed by atoms with Crippen LogP contribution in [0.25, 0.3) is 16.8 Å². The molecule has 262 valence electrons. The number of amides is 4. The van der Waals surface area contributed by atoms with Crippen molar-refractivity contribution in [1.82, 2.24) is 35.2 Å². The summed E-state index contributed by atoms with van der Waals surface area (Å²) in [5.41, 5.74) is 3.59. The summed E-state index contributed by atoms with van der Waals surface area (Å²) in [6.07, 6.45) is 8.03. The molecule has 1 spiro atoms. The van der Waals surface area contributed by atoms with Crippen molar-refractivity contribution in [2.75, 3.05) is 27.3 Å². The van der Waals surface area contributed by atoms with E-state index < -0.39 is 23.4 Å². The summed E-state index contributed by atoms with van der Waals surface area (Å²) in [6, 6.07) is 8.45. The van der Waals surface area contributed by atoms with Crippen LogP contribution in [0.3, 0.4) is 0 Å². The molecule has 2 aliphatic rings. The first-order chi connectivity index (χ1) is 24.0. The number of hydrogen-bond acceptors (Lipinski definition) is 8. The molecule has 0 saturated heterocycles. The lowest BCUT2D eigenvalue weighted by Crippen LogP contribution is -2.56. The molecular formula is C37H43N7O6. The van der Waals surface area contributed by atoms with Gasteiger partial charge in [-0.3, -0.25) is 24.2 Å². The molecule has 13 nitrogen and oxygen atoms in total. The zero-order valence-corrected chi connectivity index (χ0v) is 29.0. The number of carbonyl (C=O) groups excluding carboxylic acids is 4. The number of imidazole rings is 1. The van der Waals surface area contributed by atoms with Gasteiger partial charge in [0.05, 0.1) is 31.9 Å². The number of fused-ring (bicyclic) bond motifs is 6. The molecule has 0 radical (unpaired) electrons. The molecule has 1 atom stereocenters. The fourth-order valence-electron chi connectivity index (χ4n) is 6.41. The SMILES string of the molecule is COc1cc2cc(c1OC)-c1cncc(c1)C(=O)NC1(CC1)C(=O)N[C@H](CC(C)C)C(=O)NCCN(C(=O)Cc1cnc3c(C)cccn13)C2. The first-order valence-electron chi connectivity index (χ1n) is 16.8. The largest absolute Gasteiger partial charge is 0.493 e. The molecule has 1 fully saturated rings. The summed E-state index contributed by atoms with van der Waals surface area (Å²) in [5, 5.41) is 8.74. The molecule has 1 aromatic carbocycles. The monoisotopic (exact) mass is 681 g/mol. The molecule has 1 aliphatic heterocycles. The number of benzene rings is 1. The molecule has 0 unspecified atom stereocenters. The van der Waals surface area contributed by atoms with Gasteiger partial charge in [0.25, 0.3) is 5.91 Å². The Bertz CT molecular complexity index is 1950. The van der Waals surface area contributed by atoms with Crippen molar-refractivity contribution in [3.63, 3.8) is 0 Å². The van der Waals surface area contributed by atoms with Gasteiger partial charge in [0.15, 0.2) is 11.5 Å². The molecular weight excluding hydrogens is 638 g/mol. The van der Waals surface area contributed by atoms with Crippen molar-refractivity contribution in [3.8, 4) is 22.6 Å². The number of hydrogen-bond donors (Lipinski definition) is 3. The number of carbonyl (C=O) groups is 4. The zero-order chi connectivity index (χ0) is 35.6. The van der Waals surface area contributed by atoms with Crippen LogP contribution in [0, 0.1) is 12.8 Å². The normalized spacial score (nSPS) is 17.8. The number of aromatic nitrogens is 3. The third kappa shape index (κ3) is 7.12. The van der Waals surface area contributed by atoms with Crippen LogP contribution in [0.5, 0.6) is 11.5 Å². The highest BCUT2D eigenvalue weighted by atomic mass is 16.5. The Balaban J connectivity index is 1.40. The van der Waals surface area contributed by atoms with E-state index >= 15 is 0 Å². The number of nitrogens with one attached hydrogen (secondary N) is 3.